The first-order valence-electron chi connectivity index (χ1n) is 6.34. The van der Waals surface area contributed by atoms with E-state index in [9.17, 15) is 13.9 Å². The molecule has 1 N–H and O–H groups in total. The average molecular weight is 321 g/mol. The van der Waals surface area contributed by atoms with Crippen LogP contribution in [0.25, 0.3) is 0 Å². The molecule has 0 aliphatic carbocycles. The molecule has 102 valence electrons. The van der Waals surface area contributed by atoms with Crippen LogP contribution in [0.2, 0.25) is 0 Å². The van der Waals surface area contributed by atoms with E-state index < -0.39 is 17.7 Å². The lowest BCUT2D eigenvalue weighted by Crippen LogP contribution is -2.16. The molecule has 0 saturated carbocycles. The smallest absolute Gasteiger partial charge is 0.146 e. The summed E-state index contributed by atoms with van der Waals surface area (Å²) >= 11 is 3.02. The van der Waals surface area contributed by atoms with E-state index >= 15 is 0 Å². The highest BCUT2D eigenvalue weighted by molar-refractivity contribution is 9.10. The Labute approximate surface area is 115 Å². The second kappa shape index (κ2) is 7.19. The van der Waals surface area contributed by atoms with Gasteiger partial charge < -0.3 is 5.11 Å². The molecule has 0 bridgehead atoms. The van der Waals surface area contributed by atoms with E-state index in [4.69, 9.17) is 0 Å². The summed E-state index contributed by atoms with van der Waals surface area (Å²) in [5.74, 6) is -1.47. The summed E-state index contributed by atoms with van der Waals surface area (Å²) in [4.78, 5) is 0. The first-order chi connectivity index (χ1) is 8.52. The van der Waals surface area contributed by atoms with Gasteiger partial charge in [0, 0.05) is 0 Å². The first kappa shape index (κ1) is 15.6. The number of halogens is 3. The lowest BCUT2D eigenvalue weighted by molar-refractivity contribution is 0.0890. The lowest BCUT2D eigenvalue weighted by Gasteiger charge is -2.23. The van der Waals surface area contributed by atoms with Gasteiger partial charge in [-0.2, -0.15) is 0 Å². The molecule has 1 aromatic rings. The van der Waals surface area contributed by atoms with Crippen molar-refractivity contribution in [2.75, 3.05) is 0 Å². The van der Waals surface area contributed by atoms with E-state index in [1.165, 1.54) is 12.1 Å². The van der Waals surface area contributed by atoms with Crippen LogP contribution >= 0.6 is 15.9 Å². The second-order valence-electron chi connectivity index (χ2n) is 4.54. The summed E-state index contributed by atoms with van der Waals surface area (Å²) in [6, 6.07) is 2.50. The van der Waals surface area contributed by atoms with E-state index in [2.05, 4.69) is 15.9 Å². The van der Waals surface area contributed by atoms with Gasteiger partial charge in [0.05, 0.1) is 16.1 Å². The van der Waals surface area contributed by atoms with Gasteiger partial charge in [-0.3, -0.25) is 0 Å². The zero-order valence-electron chi connectivity index (χ0n) is 10.7. The average Bonchev–Trinajstić information content (AvgIpc) is 2.34. The zero-order valence-corrected chi connectivity index (χ0v) is 12.3. The number of benzene rings is 1. The van der Waals surface area contributed by atoms with Crippen molar-refractivity contribution >= 4 is 15.9 Å². The Bertz CT molecular complexity index is 390. The molecule has 1 rings (SSSR count). The number of hydrogen-bond donors (Lipinski definition) is 1. The summed E-state index contributed by atoms with van der Waals surface area (Å²) in [6.07, 6.45) is 2.22. The predicted octanol–water partition coefficient (Wildman–Crippen LogP) is 4.98. The summed E-state index contributed by atoms with van der Waals surface area (Å²) in [5, 5.41) is 10.2. The van der Waals surface area contributed by atoms with Crippen LogP contribution in [0.5, 0.6) is 0 Å². The van der Waals surface area contributed by atoms with Gasteiger partial charge in [0.15, 0.2) is 0 Å². The quantitative estimate of drug-likeness (QED) is 0.733. The third-order valence-corrected chi connectivity index (χ3v) is 3.75. The van der Waals surface area contributed by atoms with Gasteiger partial charge >= 0.3 is 0 Å². The number of rotatable bonds is 6. The molecular formula is C14H19BrF2O. The van der Waals surface area contributed by atoms with Crippen LogP contribution in [-0.4, -0.2) is 5.11 Å². The van der Waals surface area contributed by atoms with Gasteiger partial charge in [-0.25, -0.2) is 8.78 Å². The van der Waals surface area contributed by atoms with Gasteiger partial charge in [0.1, 0.15) is 11.6 Å². The van der Waals surface area contributed by atoms with Crippen LogP contribution in [0.4, 0.5) is 8.78 Å². The fraction of sp³-hybridized carbons (Fsp3) is 0.571. The molecule has 0 amide bonds. The molecule has 0 radical (unpaired) electrons. The highest BCUT2D eigenvalue weighted by atomic mass is 79.9. The van der Waals surface area contributed by atoms with Crippen molar-refractivity contribution in [2.45, 2.75) is 45.6 Å². The summed E-state index contributed by atoms with van der Waals surface area (Å²) < 4.78 is 27.8. The third kappa shape index (κ3) is 3.51. The van der Waals surface area contributed by atoms with Crippen LogP contribution < -0.4 is 0 Å². The number of hydrogen-bond acceptors (Lipinski definition) is 1. The topological polar surface area (TPSA) is 20.2 Å². The Kier molecular flexibility index (Phi) is 6.22. The highest BCUT2D eigenvalue weighted by Gasteiger charge is 2.26. The number of aliphatic hydroxyl groups is 1. The van der Waals surface area contributed by atoms with Crippen molar-refractivity contribution in [3.8, 4) is 0 Å². The zero-order chi connectivity index (χ0) is 13.7. The van der Waals surface area contributed by atoms with E-state index in [0.717, 1.165) is 25.7 Å². The molecule has 1 nitrogen and oxygen atoms in total. The SMILES string of the molecule is CCCC(CCC)C(O)c1c(F)ccc(Br)c1F. The molecule has 0 heterocycles. The van der Waals surface area contributed by atoms with Crippen molar-refractivity contribution in [3.63, 3.8) is 0 Å². The van der Waals surface area contributed by atoms with E-state index in [1.807, 2.05) is 13.8 Å². The predicted molar refractivity (Wildman–Crippen MR) is 72.3 cm³/mol. The molecule has 1 aromatic carbocycles. The van der Waals surface area contributed by atoms with Crippen molar-refractivity contribution in [3.05, 3.63) is 33.8 Å². The van der Waals surface area contributed by atoms with Crippen molar-refractivity contribution in [2.24, 2.45) is 5.92 Å². The Morgan fingerprint density at radius 2 is 1.72 bits per heavy atom. The standard InChI is InChI=1S/C14H19BrF2O/c1-3-5-9(6-4-2)14(18)12-11(16)8-7-10(15)13(12)17/h7-9,14,18H,3-6H2,1-2H3. The van der Waals surface area contributed by atoms with Crippen LogP contribution in [0.3, 0.4) is 0 Å². The molecule has 0 spiro atoms. The second-order valence-corrected chi connectivity index (χ2v) is 5.39. The van der Waals surface area contributed by atoms with Gasteiger partial charge in [0.2, 0.25) is 0 Å². The molecule has 0 saturated heterocycles. The van der Waals surface area contributed by atoms with Gasteiger partial charge in [-0.05, 0) is 46.8 Å². The summed E-state index contributed by atoms with van der Waals surface area (Å²) in [7, 11) is 0. The Hall–Kier alpha value is -0.480. The largest absolute Gasteiger partial charge is 0.388 e. The van der Waals surface area contributed by atoms with Crippen molar-refractivity contribution < 1.29 is 13.9 Å². The van der Waals surface area contributed by atoms with Crippen LogP contribution in [0, 0.1) is 17.6 Å². The molecule has 0 fully saturated rings. The summed E-state index contributed by atoms with van der Waals surface area (Å²) in [5.41, 5.74) is -0.212. The minimum absolute atomic E-state index is 0.0988. The Balaban J connectivity index is 3.07. The highest BCUT2D eigenvalue weighted by Crippen LogP contribution is 2.34. The molecule has 0 aliphatic rings. The molecule has 0 aliphatic heterocycles. The van der Waals surface area contributed by atoms with Crippen molar-refractivity contribution in [1.82, 2.24) is 0 Å². The monoisotopic (exact) mass is 320 g/mol. The molecule has 1 unspecified atom stereocenters. The van der Waals surface area contributed by atoms with E-state index in [-0.39, 0.29) is 16.0 Å². The van der Waals surface area contributed by atoms with Crippen LogP contribution in [0.1, 0.15) is 51.2 Å². The maximum Gasteiger partial charge on any atom is 0.146 e. The van der Waals surface area contributed by atoms with E-state index in [1.54, 1.807) is 0 Å². The van der Waals surface area contributed by atoms with E-state index in [0.29, 0.717) is 0 Å². The fourth-order valence-corrected chi connectivity index (χ4v) is 2.60. The minimum Gasteiger partial charge on any atom is -0.388 e. The Morgan fingerprint density at radius 1 is 1.17 bits per heavy atom. The molecular weight excluding hydrogens is 302 g/mol. The normalized spacial score (nSPS) is 13.1. The fourth-order valence-electron chi connectivity index (χ4n) is 2.25. The molecule has 18 heavy (non-hydrogen) atoms. The maximum atomic E-state index is 13.9. The molecule has 0 aromatic heterocycles. The minimum atomic E-state index is -1.08. The summed E-state index contributed by atoms with van der Waals surface area (Å²) in [6.45, 7) is 4.01. The van der Waals surface area contributed by atoms with Crippen LogP contribution in [0.15, 0.2) is 16.6 Å². The first-order valence-corrected chi connectivity index (χ1v) is 7.13. The molecule has 1 atom stereocenters. The molecule has 4 heteroatoms. The third-order valence-electron chi connectivity index (χ3n) is 3.14. The Morgan fingerprint density at radius 3 is 2.22 bits per heavy atom. The maximum absolute atomic E-state index is 13.9. The van der Waals surface area contributed by atoms with Gasteiger partial charge in [-0.1, -0.05) is 26.7 Å². The lowest BCUT2D eigenvalue weighted by atomic mass is 9.88. The van der Waals surface area contributed by atoms with Gasteiger partial charge in [-0.15, -0.1) is 0 Å². The van der Waals surface area contributed by atoms with Gasteiger partial charge in [0.25, 0.3) is 0 Å². The van der Waals surface area contributed by atoms with Crippen molar-refractivity contribution in [1.29, 1.82) is 0 Å². The number of aliphatic hydroxyl groups excluding tert-OH is 1. The van der Waals surface area contributed by atoms with Crippen LogP contribution in [-0.2, 0) is 0 Å².